The van der Waals surface area contributed by atoms with Crippen molar-refractivity contribution in [3.63, 3.8) is 0 Å². The number of amides is 1. The Hall–Kier alpha value is -3.14. The summed E-state index contributed by atoms with van der Waals surface area (Å²) in [5.74, 6) is 0.121. The van der Waals surface area contributed by atoms with E-state index in [2.05, 4.69) is 4.72 Å². The van der Waals surface area contributed by atoms with E-state index < -0.39 is 30.1 Å². The van der Waals surface area contributed by atoms with Crippen LogP contribution in [-0.4, -0.2) is 90.5 Å². The van der Waals surface area contributed by atoms with Gasteiger partial charge < -0.3 is 4.90 Å². The molecule has 1 amide bonds. The molecular weight excluding hydrogens is 769 g/mol. The third-order valence-electron chi connectivity index (χ3n) is 10.3. The second kappa shape index (κ2) is 22.1. The van der Waals surface area contributed by atoms with E-state index in [1.54, 1.807) is 60.7 Å². The minimum absolute atomic E-state index is 0.0132. The zero-order valence-corrected chi connectivity index (χ0v) is 35.9. The van der Waals surface area contributed by atoms with Gasteiger partial charge in [0.05, 0.1) is 14.7 Å². The highest BCUT2D eigenvalue weighted by Crippen LogP contribution is 2.21. The Morgan fingerprint density at radius 1 is 0.518 bits per heavy atom. The van der Waals surface area contributed by atoms with Crippen LogP contribution >= 0.6 is 0 Å². The number of hydrogen-bond donors (Lipinski definition) is 1. The summed E-state index contributed by atoms with van der Waals surface area (Å²) in [7, 11) is -11.7. The first kappa shape index (κ1) is 45.6. The van der Waals surface area contributed by atoms with Gasteiger partial charge in [0.15, 0.2) is 0 Å². The van der Waals surface area contributed by atoms with E-state index in [4.69, 9.17) is 0 Å². The predicted octanol–water partition coefficient (Wildman–Crippen LogP) is 7.19. The van der Waals surface area contributed by atoms with Crippen LogP contribution in [0.25, 0.3) is 0 Å². The van der Waals surface area contributed by atoms with Crippen LogP contribution in [0.15, 0.2) is 87.5 Å². The van der Waals surface area contributed by atoms with Gasteiger partial charge in [0.1, 0.15) is 0 Å². The summed E-state index contributed by atoms with van der Waals surface area (Å²) in [6.07, 6.45) is 11.2. The van der Waals surface area contributed by atoms with Gasteiger partial charge in [0.2, 0.25) is 36.0 Å². The quantitative estimate of drug-likeness (QED) is 0.134. The fourth-order valence-corrected chi connectivity index (χ4v) is 11.0. The van der Waals surface area contributed by atoms with Crippen molar-refractivity contribution in [3.05, 3.63) is 89.5 Å². The summed E-state index contributed by atoms with van der Waals surface area (Å²) < 4.78 is 87.2. The highest BCUT2D eigenvalue weighted by molar-refractivity contribution is 7.89. The lowest BCUT2D eigenvalue weighted by molar-refractivity contribution is -0.131. The molecule has 1 fully saturated rings. The van der Waals surface area contributed by atoms with Crippen LogP contribution in [0.4, 0.5) is 0 Å². The number of benzene rings is 3. The number of carbonyl (C=O) groups excluding carboxylic acids is 1. The van der Waals surface area contributed by atoms with E-state index in [1.165, 1.54) is 40.0 Å². The number of carbonyl (C=O) groups is 1. The van der Waals surface area contributed by atoms with Gasteiger partial charge in [-0.1, -0.05) is 98.0 Å². The summed E-state index contributed by atoms with van der Waals surface area (Å²) in [6.45, 7) is 7.03. The summed E-state index contributed by atoms with van der Waals surface area (Å²) >= 11 is 0. The van der Waals surface area contributed by atoms with Crippen LogP contribution in [-0.2, 0) is 34.9 Å². The molecule has 1 heterocycles. The molecule has 0 radical (unpaired) electrons. The maximum Gasteiger partial charge on any atom is 0.243 e. The molecule has 1 N–H and O–H groups in total. The Bertz CT molecular complexity index is 1990. The predicted molar refractivity (Wildman–Crippen MR) is 223 cm³/mol. The van der Waals surface area contributed by atoms with Gasteiger partial charge in [-0.05, 0) is 89.3 Å². The van der Waals surface area contributed by atoms with E-state index in [0.717, 1.165) is 55.2 Å². The first-order valence-corrected chi connectivity index (χ1v) is 24.5. The lowest BCUT2D eigenvalue weighted by Crippen LogP contribution is -2.39. The molecule has 1 aliphatic rings. The fraction of sp³-hybridized carbons (Fsp3) is 0.548. The van der Waals surface area contributed by atoms with Gasteiger partial charge >= 0.3 is 0 Å². The molecule has 14 heteroatoms. The molecule has 3 aromatic carbocycles. The third kappa shape index (κ3) is 14.1. The summed E-state index contributed by atoms with van der Waals surface area (Å²) in [5, 5.41) is 0. The van der Waals surface area contributed by atoms with Crippen molar-refractivity contribution in [2.75, 3.05) is 45.8 Å². The van der Waals surface area contributed by atoms with E-state index in [9.17, 15) is 30.0 Å². The highest BCUT2D eigenvalue weighted by atomic mass is 32.2. The van der Waals surface area contributed by atoms with Gasteiger partial charge in [-0.3, -0.25) is 4.79 Å². The van der Waals surface area contributed by atoms with E-state index in [0.29, 0.717) is 25.9 Å². The van der Waals surface area contributed by atoms with Crippen LogP contribution in [0, 0.1) is 20.8 Å². The monoisotopic (exact) mass is 830 g/mol. The Kier molecular flexibility index (Phi) is 18.0. The zero-order chi connectivity index (χ0) is 40.6. The van der Waals surface area contributed by atoms with Crippen LogP contribution in [0.1, 0.15) is 100 Å². The average molecular weight is 831 g/mol. The molecule has 1 saturated heterocycles. The number of hydrogen-bond acceptors (Lipinski definition) is 7. The van der Waals surface area contributed by atoms with Crippen molar-refractivity contribution in [1.82, 2.24) is 18.2 Å². The molecular formula is C42H62N4O7S3. The SMILES string of the molecule is Cc1ccc(S(=O)(=O)NCCCN(CCCN(CCCN2CCCCCCCCCCCC2=O)S(=O)(=O)c2ccc(C)cc2)S(=O)(=O)c2ccc(C)cc2)cc1. The maximum atomic E-state index is 14.1. The third-order valence-corrected chi connectivity index (χ3v) is 15.6. The Morgan fingerprint density at radius 3 is 1.39 bits per heavy atom. The highest BCUT2D eigenvalue weighted by Gasteiger charge is 2.28. The Morgan fingerprint density at radius 2 is 0.911 bits per heavy atom. The van der Waals surface area contributed by atoms with Crippen molar-refractivity contribution >= 4 is 36.0 Å². The summed E-state index contributed by atoms with van der Waals surface area (Å²) in [5.41, 5.74) is 2.77. The van der Waals surface area contributed by atoms with Crippen LogP contribution in [0.2, 0.25) is 0 Å². The number of rotatable bonds is 18. The molecule has 0 bridgehead atoms. The summed E-state index contributed by atoms with van der Waals surface area (Å²) in [4.78, 5) is 15.6. The number of aryl methyl sites for hydroxylation is 3. The lowest BCUT2D eigenvalue weighted by Gasteiger charge is -2.27. The standard InChI is InChI=1S/C42H62N4O7S3/c1-36-17-23-39(24-18-36)54(48,49)43-29-13-32-45(55(50,51)40-25-19-37(2)20-26-40)34-15-35-46(56(52,53)41-27-21-38(3)22-28-41)33-14-31-44-30-12-10-8-6-4-5-7-9-11-16-42(44)47/h17-28,43H,4-16,29-35H2,1-3H3. The van der Waals surface area contributed by atoms with Crippen molar-refractivity contribution < 1.29 is 30.0 Å². The van der Waals surface area contributed by atoms with Gasteiger partial charge in [-0.25, -0.2) is 30.0 Å². The first-order chi connectivity index (χ1) is 26.7. The zero-order valence-electron chi connectivity index (χ0n) is 33.5. The number of sulfonamides is 3. The topological polar surface area (TPSA) is 141 Å². The van der Waals surface area contributed by atoms with Gasteiger partial charge in [-0.15, -0.1) is 0 Å². The number of nitrogens with zero attached hydrogens (tertiary/aromatic N) is 3. The molecule has 0 aliphatic carbocycles. The second-order valence-electron chi connectivity index (χ2n) is 15.0. The van der Waals surface area contributed by atoms with Gasteiger partial charge in [-0.2, -0.15) is 8.61 Å². The molecule has 3 aromatic rings. The van der Waals surface area contributed by atoms with E-state index in [-0.39, 0.29) is 66.2 Å². The van der Waals surface area contributed by atoms with Crippen molar-refractivity contribution in [2.45, 2.75) is 119 Å². The molecule has 0 aromatic heterocycles. The van der Waals surface area contributed by atoms with Crippen LogP contribution in [0.5, 0.6) is 0 Å². The largest absolute Gasteiger partial charge is 0.343 e. The van der Waals surface area contributed by atoms with E-state index in [1.807, 2.05) is 25.7 Å². The molecule has 0 saturated carbocycles. The van der Waals surface area contributed by atoms with E-state index >= 15 is 0 Å². The lowest BCUT2D eigenvalue weighted by atomic mass is 10.1. The minimum Gasteiger partial charge on any atom is -0.343 e. The Balaban J connectivity index is 1.48. The molecule has 1 aliphatic heterocycles. The fourth-order valence-electron chi connectivity index (χ4n) is 6.88. The van der Waals surface area contributed by atoms with Crippen LogP contribution < -0.4 is 4.72 Å². The second-order valence-corrected chi connectivity index (χ2v) is 20.7. The van der Waals surface area contributed by atoms with Gasteiger partial charge in [0.25, 0.3) is 0 Å². The first-order valence-electron chi connectivity index (χ1n) is 20.2. The van der Waals surface area contributed by atoms with Crippen molar-refractivity contribution in [1.29, 1.82) is 0 Å². The van der Waals surface area contributed by atoms with Crippen molar-refractivity contribution in [2.24, 2.45) is 0 Å². The van der Waals surface area contributed by atoms with Gasteiger partial charge in [0, 0.05) is 52.2 Å². The Labute approximate surface area is 337 Å². The molecule has 310 valence electrons. The molecule has 0 atom stereocenters. The smallest absolute Gasteiger partial charge is 0.243 e. The average Bonchev–Trinajstić information content (AvgIpc) is 3.18. The normalized spacial score (nSPS) is 15.7. The molecule has 11 nitrogen and oxygen atoms in total. The molecule has 56 heavy (non-hydrogen) atoms. The molecule has 0 unspecified atom stereocenters. The molecule has 4 rings (SSSR count). The van der Waals surface area contributed by atoms with Crippen LogP contribution in [0.3, 0.4) is 0 Å². The minimum atomic E-state index is -3.99. The number of nitrogens with one attached hydrogen (secondary N) is 1. The summed E-state index contributed by atoms with van der Waals surface area (Å²) in [6, 6.07) is 19.7. The van der Waals surface area contributed by atoms with Crippen molar-refractivity contribution in [3.8, 4) is 0 Å². The molecule has 0 spiro atoms. The maximum absolute atomic E-state index is 14.1.